The van der Waals surface area contributed by atoms with Crippen LogP contribution in [0, 0.1) is 0 Å². The first-order chi connectivity index (χ1) is 7.34. The fraction of sp³-hybridized carbons (Fsp3) is 0.250. The van der Waals surface area contributed by atoms with Gasteiger partial charge in [0.1, 0.15) is 5.69 Å². The van der Waals surface area contributed by atoms with Crippen LogP contribution >= 0.6 is 0 Å². The molecule has 1 aliphatic carbocycles. The quantitative estimate of drug-likeness (QED) is 0.810. The number of hydrogen-bond donors (Lipinski definition) is 1. The summed E-state index contributed by atoms with van der Waals surface area (Å²) in [4.78, 5) is 0. The van der Waals surface area contributed by atoms with Crippen LogP contribution in [-0.2, 0) is 0 Å². The van der Waals surface area contributed by atoms with Crippen molar-refractivity contribution in [1.29, 1.82) is 0 Å². The van der Waals surface area contributed by atoms with Gasteiger partial charge in [0.15, 0.2) is 5.76 Å². The maximum atomic E-state index is 5.76. The highest BCUT2D eigenvalue weighted by molar-refractivity contribution is 5.70. The maximum absolute atomic E-state index is 5.76. The molecule has 15 heavy (non-hydrogen) atoms. The molecule has 1 aromatic carbocycles. The van der Waals surface area contributed by atoms with Gasteiger partial charge in [-0.05, 0) is 30.4 Å². The van der Waals surface area contributed by atoms with Crippen molar-refractivity contribution in [2.24, 2.45) is 0 Å². The molecule has 3 rings (SSSR count). The minimum Gasteiger partial charge on any atom is -0.394 e. The number of nitrogen functional groups attached to an aromatic ring is 1. The summed E-state index contributed by atoms with van der Waals surface area (Å²) in [6.45, 7) is 0. The third-order valence-corrected chi connectivity index (χ3v) is 2.80. The number of nitrogens with zero attached hydrogens (tertiary/aromatic N) is 1. The van der Waals surface area contributed by atoms with E-state index in [-0.39, 0.29) is 0 Å². The Morgan fingerprint density at radius 1 is 1.33 bits per heavy atom. The van der Waals surface area contributed by atoms with Crippen LogP contribution in [0.1, 0.15) is 24.3 Å². The predicted octanol–water partition coefficient (Wildman–Crippen LogP) is 2.80. The second kappa shape index (κ2) is 3.12. The van der Waals surface area contributed by atoms with Gasteiger partial charge in [-0.1, -0.05) is 23.4 Å². The number of aromatic nitrogens is 1. The predicted molar refractivity (Wildman–Crippen MR) is 58.3 cm³/mol. The highest BCUT2D eigenvalue weighted by atomic mass is 16.5. The van der Waals surface area contributed by atoms with Crippen molar-refractivity contribution < 1.29 is 4.52 Å². The average Bonchev–Trinajstić information content (AvgIpc) is 3.02. The van der Waals surface area contributed by atoms with Gasteiger partial charge < -0.3 is 10.3 Å². The third kappa shape index (κ3) is 1.50. The van der Waals surface area contributed by atoms with E-state index >= 15 is 0 Å². The van der Waals surface area contributed by atoms with E-state index in [0.717, 1.165) is 11.5 Å². The van der Waals surface area contributed by atoms with Crippen LogP contribution in [0.25, 0.3) is 11.3 Å². The summed E-state index contributed by atoms with van der Waals surface area (Å²) in [6, 6.07) is 8.36. The molecule has 3 heteroatoms. The smallest absolute Gasteiger partial charge is 0.189 e. The van der Waals surface area contributed by atoms with E-state index in [1.54, 1.807) is 6.20 Å². The van der Waals surface area contributed by atoms with Crippen LogP contribution in [0.15, 0.2) is 35.0 Å². The summed E-state index contributed by atoms with van der Waals surface area (Å²) >= 11 is 0. The topological polar surface area (TPSA) is 52.0 Å². The fourth-order valence-corrected chi connectivity index (χ4v) is 1.82. The lowest BCUT2D eigenvalue weighted by molar-refractivity contribution is 0.432. The molecule has 76 valence electrons. The lowest BCUT2D eigenvalue weighted by Gasteiger charge is -2.01. The summed E-state index contributed by atoms with van der Waals surface area (Å²) in [5.41, 5.74) is 8.76. The van der Waals surface area contributed by atoms with Gasteiger partial charge >= 0.3 is 0 Å². The van der Waals surface area contributed by atoms with Crippen LogP contribution in [-0.4, -0.2) is 5.16 Å². The molecule has 0 aliphatic heterocycles. The third-order valence-electron chi connectivity index (χ3n) is 2.80. The Morgan fingerprint density at radius 3 is 2.87 bits per heavy atom. The normalized spacial score (nSPS) is 15.5. The Hall–Kier alpha value is -1.77. The summed E-state index contributed by atoms with van der Waals surface area (Å²) in [5, 5.41) is 3.69. The van der Waals surface area contributed by atoms with Gasteiger partial charge in [0.2, 0.25) is 0 Å². The molecule has 1 heterocycles. The molecule has 1 saturated carbocycles. The fourth-order valence-electron chi connectivity index (χ4n) is 1.82. The molecule has 2 N–H and O–H groups in total. The molecule has 3 nitrogen and oxygen atoms in total. The van der Waals surface area contributed by atoms with Crippen LogP contribution in [0.4, 0.5) is 5.69 Å². The first kappa shape index (κ1) is 8.53. The lowest BCUT2D eigenvalue weighted by atomic mass is 10.1. The molecule has 0 atom stereocenters. The minimum absolute atomic E-state index is 0.600. The van der Waals surface area contributed by atoms with E-state index in [2.05, 4.69) is 17.3 Å². The van der Waals surface area contributed by atoms with Crippen LogP contribution in [0.3, 0.4) is 0 Å². The van der Waals surface area contributed by atoms with E-state index in [0.29, 0.717) is 11.4 Å². The van der Waals surface area contributed by atoms with Gasteiger partial charge in [-0.15, -0.1) is 0 Å². The SMILES string of the molecule is Nc1cnoc1-c1cccc(C2CC2)c1. The van der Waals surface area contributed by atoms with Gasteiger partial charge in [-0.2, -0.15) is 0 Å². The summed E-state index contributed by atoms with van der Waals surface area (Å²) in [6.07, 6.45) is 4.14. The number of hydrogen-bond acceptors (Lipinski definition) is 3. The van der Waals surface area contributed by atoms with Crippen LogP contribution < -0.4 is 5.73 Å². The van der Waals surface area contributed by atoms with E-state index in [9.17, 15) is 0 Å². The monoisotopic (exact) mass is 200 g/mol. The van der Waals surface area contributed by atoms with Crippen molar-refractivity contribution in [3.8, 4) is 11.3 Å². The first-order valence-corrected chi connectivity index (χ1v) is 5.15. The summed E-state index contributed by atoms with van der Waals surface area (Å²) < 4.78 is 5.13. The molecule has 2 aromatic rings. The van der Waals surface area contributed by atoms with E-state index in [4.69, 9.17) is 10.3 Å². The number of rotatable bonds is 2. The second-order valence-corrected chi connectivity index (χ2v) is 4.01. The van der Waals surface area contributed by atoms with Gasteiger partial charge in [0.25, 0.3) is 0 Å². The molecule has 1 aromatic heterocycles. The number of benzene rings is 1. The van der Waals surface area contributed by atoms with Crippen molar-refractivity contribution in [3.05, 3.63) is 36.0 Å². The molecule has 0 amide bonds. The molecule has 1 fully saturated rings. The minimum atomic E-state index is 0.600. The number of anilines is 1. The zero-order valence-corrected chi connectivity index (χ0v) is 8.31. The molecule has 0 spiro atoms. The van der Waals surface area contributed by atoms with Crippen LogP contribution in [0.5, 0.6) is 0 Å². The molecule has 0 saturated heterocycles. The summed E-state index contributed by atoms with van der Waals surface area (Å²) in [7, 11) is 0. The Kier molecular flexibility index (Phi) is 1.78. The molecule has 1 aliphatic rings. The highest BCUT2D eigenvalue weighted by Crippen LogP contribution is 2.41. The van der Waals surface area contributed by atoms with Gasteiger partial charge in [0, 0.05) is 5.56 Å². The molecular formula is C12H12N2O. The standard InChI is InChI=1S/C12H12N2O/c13-11-7-14-15-12(11)10-3-1-2-9(6-10)8-4-5-8/h1-3,6-8H,4-5,13H2. The molecule has 0 radical (unpaired) electrons. The number of nitrogens with two attached hydrogens (primary N) is 1. The lowest BCUT2D eigenvalue weighted by Crippen LogP contribution is -1.86. The van der Waals surface area contributed by atoms with Gasteiger partial charge in [-0.25, -0.2) is 0 Å². The van der Waals surface area contributed by atoms with Crippen molar-refractivity contribution in [3.63, 3.8) is 0 Å². The molecule has 0 unspecified atom stereocenters. The second-order valence-electron chi connectivity index (χ2n) is 4.01. The summed E-state index contributed by atoms with van der Waals surface area (Å²) in [5.74, 6) is 1.42. The van der Waals surface area contributed by atoms with E-state index < -0.39 is 0 Å². The average molecular weight is 200 g/mol. The maximum Gasteiger partial charge on any atom is 0.189 e. The van der Waals surface area contributed by atoms with Crippen molar-refractivity contribution in [2.75, 3.05) is 5.73 Å². The Labute approximate surface area is 87.9 Å². The molecule has 0 bridgehead atoms. The van der Waals surface area contributed by atoms with Crippen molar-refractivity contribution >= 4 is 5.69 Å². The van der Waals surface area contributed by atoms with Gasteiger partial charge in [-0.3, -0.25) is 0 Å². The zero-order chi connectivity index (χ0) is 10.3. The van der Waals surface area contributed by atoms with Gasteiger partial charge in [0.05, 0.1) is 6.20 Å². The Bertz CT molecular complexity index is 486. The highest BCUT2D eigenvalue weighted by Gasteiger charge is 2.23. The zero-order valence-electron chi connectivity index (χ0n) is 8.31. The first-order valence-electron chi connectivity index (χ1n) is 5.15. The Balaban J connectivity index is 2.04. The van der Waals surface area contributed by atoms with E-state index in [1.165, 1.54) is 18.4 Å². The van der Waals surface area contributed by atoms with Crippen molar-refractivity contribution in [1.82, 2.24) is 5.16 Å². The van der Waals surface area contributed by atoms with Crippen LogP contribution in [0.2, 0.25) is 0 Å². The largest absolute Gasteiger partial charge is 0.394 e. The van der Waals surface area contributed by atoms with E-state index in [1.807, 2.05) is 12.1 Å². The van der Waals surface area contributed by atoms with Crippen molar-refractivity contribution in [2.45, 2.75) is 18.8 Å². The molecular weight excluding hydrogens is 188 g/mol. The Morgan fingerprint density at radius 2 is 2.20 bits per heavy atom.